The number of nitrogens with zero attached hydrogens (tertiary/aromatic N) is 4. The lowest BCUT2D eigenvalue weighted by Gasteiger charge is -2.37. The van der Waals surface area contributed by atoms with Crippen LogP contribution >= 0.6 is 0 Å². The minimum atomic E-state index is -0.515. The van der Waals surface area contributed by atoms with Crippen molar-refractivity contribution in [2.75, 3.05) is 51.8 Å². The van der Waals surface area contributed by atoms with Crippen molar-refractivity contribution in [1.29, 1.82) is 0 Å². The maximum Gasteiger partial charge on any atom is 0.410 e. The highest BCUT2D eigenvalue weighted by Crippen LogP contribution is 2.28. The summed E-state index contributed by atoms with van der Waals surface area (Å²) in [7, 11) is 3.14. The van der Waals surface area contributed by atoms with Gasteiger partial charge in [-0.15, -0.1) is 0 Å². The van der Waals surface area contributed by atoms with Crippen LogP contribution in [-0.2, 0) is 27.2 Å². The SMILES string of the molecule is COC(OC)C(C)Oc1nc2c(c(N3CCN(C(=O)OC(C)(C)C)CC3)n1)CCNC2. The number of anilines is 1. The van der Waals surface area contributed by atoms with Crippen molar-refractivity contribution in [3.05, 3.63) is 11.3 Å². The molecule has 1 fully saturated rings. The van der Waals surface area contributed by atoms with Gasteiger partial charge in [0, 0.05) is 52.5 Å². The van der Waals surface area contributed by atoms with Gasteiger partial charge in [-0.25, -0.2) is 4.79 Å². The molecule has 3 rings (SSSR count). The Kier molecular flexibility index (Phi) is 7.55. The molecular formula is C21H35N5O5. The minimum absolute atomic E-state index is 0.274. The van der Waals surface area contributed by atoms with E-state index in [1.807, 2.05) is 27.7 Å². The standard InChI is InChI=1S/C21H35N5O5/c1-14(18(28-5)29-6)30-19-23-16-13-22-8-7-15(16)17(24-19)25-9-11-26(12-10-25)20(27)31-21(2,3)4/h14,18,22H,7-13H2,1-6H3. The van der Waals surface area contributed by atoms with Crippen molar-refractivity contribution in [2.45, 2.75) is 58.7 Å². The Morgan fingerprint density at radius 2 is 1.77 bits per heavy atom. The van der Waals surface area contributed by atoms with E-state index in [1.54, 1.807) is 19.1 Å². The number of hydrogen-bond donors (Lipinski definition) is 1. The van der Waals surface area contributed by atoms with E-state index in [0.717, 1.165) is 30.0 Å². The number of hydrogen-bond acceptors (Lipinski definition) is 9. The Bertz CT molecular complexity index is 757. The third-order valence-corrected chi connectivity index (χ3v) is 5.26. The second-order valence-corrected chi connectivity index (χ2v) is 8.80. The van der Waals surface area contributed by atoms with Crippen molar-refractivity contribution in [3.63, 3.8) is 0 Å². The number of carbonyl (C=O) groups is 1. The molecule has 174 valence electrons. The molecule has 1 unspecified atom stereocenters. The van der Waals surface area contributed by atoms with Crippen molar-refractivity contribution in [1.82, 2.24) is 20.2 Å². The number of amides is 1. The smallest absolute Gasteiger partial charge is 0.410 e. The molecule has 1 atom stereocenters. The molecule has 0 aromatic carbocycles. The Hall–Kier alpha value is -2.17. The van der Waals surface area contributed by atoms with Crippen LogP contribution in [0.2, 0.25) is 0 Å². The molecule has 1 amide bonds. The molecule has 1 aromatic heterocycles. The summed E-state index contributed by atoms with van der Waals surface area (Å²) >= 11 is 0. The van der Waals surface area contributed by atoms with Gasteiger partial charge in [0.05, 0.1) is 5.69 Å². The Morgan fingerprint density at radius 3 is 2.39 bits per heavy atom. The first-order chi connectivity index (χ1) is 14.7. The van der Waals surface area contributed by atoms with E-state index in [1.165, 1.54) is 0 Å². The molecule has 1 saturated heterocycles. The van der Waals surface area contributed by atoms with Crippen LogP contribution in [0, 0.1) is 0 Å². The zero-order chi connectivity index (χ0) is 22.6. The predicted molar refractivity (Wildman–Crippen MR) is 115 cm³/mol. The molecule has 0 saturated carbocycles. The normalized spacial score (nSPS) is 18.0. The van der Waals surface area contributed by atoms with Crippen LogP contribution in [0.3, 0.4) is 0 Å². The third kappa shape index (κ3) is 5.96. The van der Waals surface area contributed by atoms with Gasteiger partial charge in [0.1, 0.15) is 17.5 Å². The van der Waals surface area contributed by atoms with E-state index in [9.17, 15) is 4.79 Å². The second-order valence-electron chi connectivity index (χ2n) is 8.80. The van der Waals surface area contributed by atoms with Crippen molar-refractivity contribution >= 4 is 11.9 Å². The van der Waals surface area contributed by atoms with Crippen LogP contribution in [0.25, 0.3) is 0 Å². The van der Waals surface area contributed by atoms with E-state index in [4.69, 9.17) is 23.9 Å². The molecule has 10 heteroatoms. The first-order valence-corrected chi connectivity index (χ1v) is 10.8. The van der Waals surface area contributed by atoms with Crippen molar-refractivity contribution in [3.8, 4) is 6.01 Å². The van der Waals surface area contributed by atoms with Gasteiger partial charge in [0.2, 0.25) is 0 Å². The zero-order valence-corrected chi connectivity index (χ0v) is 19.4. The average Bonchev–Trinajstić information content (AvgIpc) is 2.73. The molecule has 0 aliphatic carbocycles. The molecule has 2 aliphatic heterocycles. The van der Waals surface area contributed by atoms with E-state index < -0.39 is 11.9 Å². The van der Waals surface area contributed by atoms with Gasteiger partial charge in [-0.1, -0.05) is 0 Å². The van der Waals surface area contributed by atoms with Gasteiger partial charge in [-0.3, -0.25) is 0 Å². The molecule has 1 aromatic rings. The predicted octanol–water partition coefficient (Wildman–Crippen LogP) is 1.57. The number of piperazine rings is 1. The molecule has 0 radical (unpaired) electrons. The molecule has 1 N–H and O–H groups in total. The van der Waals surface area contributed by atoms with E-state index >= 15 is 0 Å². The van der Waals surface area contributed by atoms with Crippen LogP contribution in [0.5, 0.6) is 6.01 Å². The van der Waals surface area contributed by atoms with Gasteiger partial charge in [0.15, 0.2) is 6.29 Å². The quantitative estimate of drug-likeness (QED) is 0.665. The fourth-order valence-electron chi connectivity index (χ4n) is 3.76. The summed E-state index contributed by atoms with van der Waals surface area (Å²) in [6.07, 6.45) is -0.310. The fraction of sp³-hybridized carbons (Fsp3) is 0.762. The molecule has 31 heavy (non-hydrogen) atoms. The lowest BCUT2D eigenvalue weighted by molar-refractivity contribution is -0.152. The summed E-state index contributed by atoms with van der Waals surface area (Å²) < 4.78 is 22.0. The van der Waals surface area contributed by atoms with E-state index in [0.29, 0.717) is 38.7 Å². The lowest BCUT2D eigenvalue weighted by Crippen LogP contribution is -2.50. The zero-order valence-electron chi connectivity index (χ0n) is 19.4. The van der Waals surface area contributed by atoms with Crippen LogP contribution in [0.4, 0.5) is 10.6 Å². The summed E-state index contributed by atoms with van der Waals surface area (Å²) in [5, 5.41) is 3.36. The summed E-state index contributed by atoms with van der Waals surface area (Å²) in [6.45, 7) is 11.5. The van der Waals surface area contributed by atoms with Gasteiger partial charge in [-0.2, -0.15) is 9.97 Å². The summed E-state index contributed by atoms with van der Waals surface area (Å²) in [4.78, 5) is 25.7. The molecule has 3 heterocycles. The minimum Gasteiger partial charge on any atom is -0.455 e. The van der Waals surface area contributed by atoms with Gasteiger partial charge >= 0.3 is 12.1 Å². The Balaban J connectivity index is 1.75. The molecular weight excluding hydrogens is 402 g/mol. The molecule has 2 aliphatic rings. The highest BCUT2D eigenvalue weighted by molar-refractivity contribution is 5.68. The number of fused-ring (bicyclic) bond motifs is 1. The highest BCUT2D eigenvalue weighted by atomic mass is 16.7. The first kappa shape index (κ1) is 23.5. The molecule has 0 bridgehead atoms. The van der Waals surface area contributed by atoms with Crippen LogP contribution in [-0.4, -0.2) is 85.9 Å². The van der Waals surface area contributed by atoms with Gasteiger partial charge in [-0.05, 0) is 40.7 Å². The number of carbonyl (C=O) groups excluding carboxylic acids is 1. The summed E-state index contributed by atoms with van der Waals surface area (Å²) in [5.74, 6) is 0.879. The second kappa shape index (κ2) is 9.97. The highest BCUT2D eigenvalue weighted by Gasteiger charge is 2.29. The monoisotopic (exact) mass is 437 g/mol. The number of methoxy groups -OCH3 is 2. The Labute approximate surface area is 184 Å². The number of nitrogens with one attached hydrogen (secondary N) is 1. The largest absolute Gasteiger partial charge is 0.455 e. The molecule has 10 nitrogen and oxygen atoms in total. The number of aromatic nitrogens is 2. The van der Waals surface area contributed by atoms with Crippen molar-refractivity contribution < 1.29 is 23.7 Å². The number of rotatable bonds is 6. The maximum absolute atomic E-state index is 12.4. The average molecular weight is 438 g/mol. The van der Waals surface area contributed by atoms with Crippen molar-refractivity contribution in [2.24, 2.45) is 0 Å². The first-order valence-electron chi connectivity index (χ1n) is 10.8. The topological polar surface area (TPSA) is 98.3 Å². The fourth-order valence-corrected chi connectivity index (χ4v) is 3.76. The van der Waals surface area contributed by atoms with Gasteiger partial charge in [0.25, 0.3) is 0 Å². The van der Waals surface area contributed by atoms with Crippen LogP contribution < -0.4 is 15.0 Å². The Morgan fingerprint density at radius 1 is 1.10 bits per heavy atom. The lowest BCUT2D eigenvalue weighted by atomic mass is 10.1. The number of ether oxygens (including phenoxy) is 4. The van der Waals surface area contributed by atoms with Crippen LogP contribution in [0.15, 0.2) is 0 Å². The van der Waals surface area contributed by atoms with Gasteiger partial charge < -0.3 is 34.1 Å². The molecule has 0 spiro atoms. The van der Waals surface area contributed by atoms with E-state index in [-0.39, 0.29) is 12.2 Å². The third-order valence-electron chi connectivity index (χ3n) is 5.26. The maximum atomic E-state index is 12.4. The summed E-state index contributed by atoms with van der Waals surface area (Å²) in [6, 6.07) is 0.304. The summed E-state index contributed by atoms with van der Waals surface area (Å²) in [5.41, 5.74) is 1.58. The van der Waals surface area contributed by atoms with Crippen LogP contribution in [0.1, 0.15) is 39.0 Å². The van der Waals surface area contributed by atoms with E-state index in [2.05, 4.69) is 15.2 Å².